The van der Waals surface area contributed by atoms with Gasteiger partial charge >= 0.3 is 5.97 Å². The molecule has 0 fully saturated rings. The molecule has 0 radical (unpaired) electrons. The van der Waals surface area contributed by atoms with E-state index in [1.807, 2.05) is 12.1 Å². The number of hydrogen-bond donors (Lipinski definition) is 0. The van der Waals surface area contributed by atoms with E-state index >= 15 is 0 Å². The Hall–Kier alpha value is -1.31. The second-order valence-corrected chi connectivity index (χ2v) is 4.08. The lowest BCUT2D eigenvalue weighted by molar-refractivity contribution is -0.131. The van der Waals surface area contributed by atoms with Crippen molar-refractivity contribution in [3.8, 4) is 5.75 Å². The number of ether oxygens (including phenoxy) is 1. The van der Waals surface area contributed by atoms with E-state index in [1.54, 1.807) is 0 Å². The first-order valence-corrected chi connectivity index (χ1v) is 5.90. The molecule has 0 aromatic heterocycles. The normalized spacial score (nSPS) is 12.2. The molecule has 1 aromatic rings. The van der Waals surface area contributed by atoms with Gasteiger partial charge in [0.15, 0.2) is 0 Å². The van der Waals surface area contributed by atoms with Gasteiger partial charge in [-0.1, -0.05) is 32.9 Å². The maximum absolute atomic E-state index is 11.0. The van der Waals surface area contributed by atoms with Gasteiger partial charge in [0, 0.05) is 6.92 Å². The first-order valence-electron chi connectivity index (χ1n) is 5.90. The number of carbonyl (C=O) groups excluding carboxylic acids is 1. The topological polar surface area (TPSA) is 26.3 Å². The zero-order chi connectivity index (χ0) is 12.1. The minimum absolute atomic E-state index is 0.254. The molecule has 16 heavy (non-hydrogen) atoms. The highest BCUT2D eigenvalue weighted by atomic mass is 16.5. The van der Waals surface area contributed by atoms with Crippen molar-refractivity contribution in [3.63, 3.8) is 0 Å². The predicted octanol–water partition coefficient (Wildman–Crippen LogP) is 3.69. The molecule has 0 N–H and O–H groups in total. The van der Waals surface area contributed by atoms with E-state index in [0.29, 0.717) is 11.7 Å². The standard InChI is InChI=1S/C14H20O2/c1-5-10(3)13-8-7-9-14(12(13)6-2)16-11(4)15/h7-10H,5-6H2,1-4H3. The summed E-state index contributed by atoms with van der Waals surface area (Å²) in [5, 5.41) is 0. The fourth-order valence-corrected chi connectivity index (χ4v) is 1.89. The molecule has 2 heteroatoms. The number of rotatable bonds is 4. The summed E-state index contributed by atoms with van der Waals surface area (Å²) >= 11 is 0. The van der Waals surface area contributed by atoms with Gasteiger partial charge in [-0.15, -0.1) is 0 Å². The summed E-state index contributed by atoms with van der Waals surface area (Å²) in [5.41, 5.74) is 2.45. The summed E-state index contributed by atoms with van der Waals surface area (Å²) in [4.78, 5) is 11.0. The highest BCUT2D eigenvalue weighted by molar-refractivity contribution is 5.70. The molecule has 1 aromatic carbocycles. The fourth-order valence-electron chi connectivity index (χ4n) is 1.89. The first-order chi connectivity index (χ1) is 7.60. The molecule has 1 rings (SSSR count). The minimum Gasteiger partial charge on any atom is -0.426 e. The summed E-state index contributed by atoms with van der Waals surface area (Å²) in [7, 11) is 0. The van der Waals surface area contributed by atoms with Crippen molar-refractivity contribution in [1.29, 1.82) is 0 Å². The third kappa shape index (κ3) is 2.84. The van der Waals surface area contributed by atoms with Crippen molar-refractivity contribution in [2.45, 2.75) is 46.5 Å². The van der Waals surface area contributed by atoms with Crippen LogP contribution in [0.2, 0.25) is 0 Å². The summed E-state index contributed by atoms with van der Waals surface area (Å²) in [6.45, 7) is 7.90. The molecule has 1 atom stereocenters. The number of hydrogen-bond acceptors (Lipinski definition) is 2. The van der Waals surface area contributed by atoms with Crippen LogP contribution in [0.5, 0.6) is 5.75 Å². The van der Waals surface area contributed by atoms with Gasteiger partial charge in [-0.05, 0) is 36.0 Å². The molecule has 0 aliphatic rings. The predicted molar refractivity (Wildman–Crippen MR) is 65.8 cm³/mol. The van der Waals surface area contributed by atoms with Crippen LogP contribution in [0, 0.1) is 0 Å². The average molecular weight is 220 g/mol. The summed E-state index contributed by atoms with van der Waals surface area (Å²) in [6.07, 6.45) is 1.99. The van der Waals surface area contributed by atoms with Gasteiger partial charge in [0.1, 0.15) is 5.75 Å². The molecule has 88 valence electrons. The van der Waals surface area contributed by atoms with Crippen molar-refractivity contribution < 1.29 is 9.53 Å². The Bertz CT molecular complexity index is 369. The van der Waals surface area contributed by atoms with Crippen LogP contribution in [0.25, 0.3) is 0 Å². The SMILES string of the molecule is CCc1c(OC(C)=O)cccc1C(C)CC. The van der Waals surface area contributed by atoms with E-state index in [2.05, 4.69) is 26.8 Å². The number of benzene rings is 1. The largest absolute Gasteiger partial charge is 0.426 e. The van der Waals surface area contributed by atoms with Crippen LogP contribution in [-0.2, 0) is 11.2 Å². The van der Waals surface area contributed by atoms with Crippen molar-refractivity contribution in [2.75, 3.05) is 0 Å². The van der Waals surface area contributed by atoms with Crippen LogP contribution in [0.1, 0.15) is 51.2 Å². The Balaban J connectivity index is 3.14. The fraction of sp³-hybridized carbons (Fsp3) is 0.500. The Morgan fingerprint density at radius 1 is 1.38 bits per heavy atom. The van der Waals surface area contributed by atoms with Gasteiger partial charge in [-0.3, -0.25) is 4.79 Å². The molecular weight excluding hydrogens is 200 g/mol. The quantitative estimate of drug-likeness (QED) is 0.571. The molecular formula is C14H20O2. The third-order valence-electron chi connectivity index (χ3n) is 2.92. The van der Waals surface area contributed by atoms with Crippen molar-refractivity contribution in [1.82, 2.24) is 0 Å². The molecule has 0 heterocycles. The Kier molecular flexibility index (Phi) is 4.53. The van der Waals surface area contributed by atoms with E-state index in [1.165, 1.54) is 12.5 Å². The third-order valence-corrected chi connectivity index (χ3v) is 2.92. The Morgan fingerprint density at radius 3 is 2.56 bits per heavy atom. The van der Waals surface area contributed by atoms with E-state index < -0.39 is 0 Å². The van der Waals surface area contributed by atoms with Gasteiger partial charge in [-0.25, -0.2) is 0 Å². The maximum atomic E-state index is 11.0. The van der Waals surface area contributed by atoms with Crippen molar-refractivity contribution >= 4 is 5.97 Å². The van der Waals surface area contributed by atoms with Gasteiger partial charge < -0.3 is 4.74 Å². The maximum Gasteiger partial charge on any atom is 0.308 e. The molecule has 0 aliphatic heterocycles. The van der Waals surface area contributed by atoms with Crippen molar-refractivity contribution in [2.24, 2.45) is 0 Å². The van der Waals surface area contributed by atoms with Crippen molar-refractivity contribution in [3.05, 3.63) is 29.3 Å². The molecule has 0 spiro atoms. The van der Waals surface area contributed by atoms with Crippen LogP contribution in [0.4, 0.5) is 0 Å². The highest BCUT2D eigenvalue weighted by Crippen LogP contribution is 2.30. The zero-order valence-electron chi connectivity index (χ0n) is 10.5. The molecule has 0 bridgehead atoms. The van der Waals surface area contributed by atoms with Gasteiger partial charge in [0.05, 0.1) is 0 Å². The summed E-state index contributed by atoms with van der Waals surface area (Å²) in [5.74, 6) is 0.967. The smallest absolute Gasteiger partial charge is 0.308 e. The van der Waals surface area contributed by atoms with E-state index in [9.17, 15) is 4.79 Å². The first kappa shape index (κ1) is 12.8. The lowest BCUT2D eigenvalue weighted by atomic mass is 9.92. The summed E-state index contributed by atoms with van der Waals surface area (Å²) in [6, 6.07) is 5.95. The molecule has 0 amide bonds. The van der Waals surface area contributed by atoms with Crippen LogP contribution < -0.4 is 4.74 Å². The van der Waals surface area contributed by atoms with Gasteiger partial charge in [0.25, 0.3) is 0 Å². The number of carbonyl (C=O) groups is 1. The Morgan fingerprint density at radius 2 is 2.06 bits per heavy atom. The molecule has 1 unspecified atom stereocenters. The van der Waals surface area contributed by atoms with Gasteiger partial charge in [0.2, 0.25) is 0 Å². The second-order valence-electron chi connectivity index (χ2n) is 4.08. The highest BCUT2D eigenvalue weighted by Gasteiger charge is 2.13. The monoisotopic (exact) mass is 220 g/mol. The lowest BCUT2D eigenvalue weighted by Crippen LogP contribution is -2.06. The minimum atomic E-state index is -0.254. The van der Waals surface area contributed by atoms with Crippen LogP contribution in [0.15, 0.2) is 18.2 Å². The number of esters is 1. The average Bonchev–Trinajstić information content (AvgIpc) is 2.27. The lowest BCUT2D eigenvalue weighted by Gasteiger charge is -2.16. The zero-order valence-corrected chi connectivity index (χ0v) is 10.5. The van der Waals surface area contributed by atoms with E-state index in [4.69, 9.17) is 4.74 Å². The van der Waals surface area contributed by atoms with E-state index in [-0.39, 0.29) is 5.97 Å². The molecule has 0 saturated carbocycles. The molecule has 2 nitrogen and oxygen atoms in total. The second kappa shape index (κ2) is 5.69. The molecule has 0 saturated heterocycles. The van der Waals surface area contributed by atoms with Crippen LogP contribution >= 0.6 is 0 Å². The van der Waals surface area contributed by atoms with E-state index in [0.717, 1.165) is 18.4 Å². The summed E-state index contributed by atoms with van der Waals surface area (Å²) < 4.78 is 5.23. The molecule has 0 aliphatic carbocycles. The van der Waals surface area contributed by atoms with Gasteiger partial charge in [-0.2, -0.15) is 0 Å². The van der Waals surface area contributed by atoms with Crippen LogP contribution in [-0.4, -0.2) is 5.97 Å². The Labute approximate surface area is 97.6 Å². The van der Waals surface area contributed by atoms with Crippen LogP contribution in [0.3, 0.4) is 0 Å².